The molecule has 208 valence electrons. The maximum atomic E-state index is 12.7. The second kappa shape index (κ2) is 13.1. The molecular formula is C36H40O4. The molecule has 5 aromatic rings. The number of esters is 2. The summed E-state index contributed by atoms with van der Waals surface area (Å²) in [4.78, 5) is 25.3. The molecule has 0 radical (unpaired) electrons. The normalized spacial score (nSPS) is 11.7. The van der Waals surface area contributed by atoms with Crippen molar-refractivity contribution < 1.29 is 19.1 Å². The van der Waals surface area contributed by atoms with E-state index in [-0.39, 0.29) is 11.9 Å². The zero-order valence-corrected chi connectivity index (χ0v) is 23.9. The number of carbonyl (C=O) groups excluding carboxylic acids is 2. The van der Waals surface area contributed by atoms with E-state index < -0.39 is 0 Å². The van der Waals surface area contributed by atoms with Crippen LogP contribution in [0, 0.1) is 0 Å². The van der Waals surface area contributed by atoms with E-state index in [4.69, 9.17) is 9.47 Å². The molecule has 4 nitrogen and oxygen atoms in total. The highest BCUT2D eigenvalue weighted by Gasteiger charge is 2.18. The van der Waals surface area contributed by atoms with Gasteiger partial charge in [-0.3, -0.25) is 9.59 Å². The molecule has 0 unspecified atom stereocenters. The molecule has 0 aliphatic rings. The van der Waals surface area contributed by atoms with Crippen LogP contribution < -0.4 is 9.47 Å². The van der Waals surface area contributed by atoms with Gasteiger partial charge in [0.2, 0.25) is 0 Å². The topological polar surface area (TPSA) is 52.6 Å². The Labute approximate surface area is 237 Å². The van der Waals surface area contributed by atoms with Gasteiger partial charge < -0.3 is 9.47 Å². The van der Waals surface area contributed by atoms with Crippen LogP contribution in [0.1, 0.15) is 90.9 Å². The molecule has 0 aliphatic heterocycles. The molecule has 0 heterocycles. The monoisotopic (exact) mass is 536 g/mol. The van der Waals surface area contributed by atoms with Crippen LogP contribution in [0.25, 0.3) is 43.1 Å². The minimum absolute atomic E-state index is 0.174. The molecule has 0 bridgehead atoms. The van der Waals surface area contributed by atoms with E-state index >= 15 is 0 Å². The lowest BCUT2D eigenvalue weighted by atomic mass is 9.89. The Morgan fingerprint density at radius 1 is 0.475 bits per heavy atom. The Bertz CT molecular complexity index is 1470. The van der Waals surface area contributed by atoms with Crippen molar-refractivity contribution in [2.45, 2.75) is 90.9 Å². The molecule has 0 N–H and O–H groups in total. The number of unbranched alkanes of at least 4 members (excludes halogenated alkanes) is 8. The average Bonchev–Trinajstić information content (AvgIpc) is 2.97. The van der Waals surface area contributed by atoms with Crippen molar-refractivity contribution in [1.29, 1.82) is 0 Å². The number of fused-ring (bicyclic) bond motifs is 2. The molecule has 0 fully saturated rings. The fraction of sp³-hybridized carbons (Fsp3) is 0.389. The lowest BCUT2D eigenvalue weighted by Crippen LogP contribution is -2.08. The molecule has 0 amide bonds. The Morgan fingerprint density at radius 3 is 1.27 bits per heavy atom. The van der Waals surface area contributed by atoms with E-state index in [2.05, 4.69) is 38.1 Å². The van der Waals surface area contributed by atoms with Crippen LogP contribution in [0.3, 0.4) is 0 Å². The summed E-state index contributed by atoms with van der Waals surface area (Å²) in [5.74, 6) is 0.873. The van der Waals surface area contributed by atoms with Gasteiger partial charge in [-0.05, 0) is 58.7 Å². The summed E-state index contributed by atoms with van der Waals surface area (Å²) in [6, 6.07) is 20.3. The zero-order valence-electron chi connectivity index (χ0n) is 23.9. The van der Waals surface area contributed by atoms with Crippen LogP contribution in [-0.4, -0.2) is 11.9 Å². The van der Waals surface area contributed by atoms with Gasteiger partial charge in [-0.2, -0.15) is 0 Å². The third-order valence-corrected chi connectivity index (χ3v) is 8.00. The van der Waals surface area contributed by atoms with Gasteiger partial charge in [-0.25, -0.2) is 0 Å². The van der Waals surface area contributed by atoms with E-state index in [1.165, 1.54) is 25.7 Å². The molecule has 40 heavy (non-hydrogen) atoms. The quantitative estimate of drug-likeness (QED) is 0.0466. The van der Waals surface area contributed by atoms with Gasteiger partial charge in [0, 0.05) is 34.4 Å². The van der Waals surface area contributed by atoms with Crippen LogP contribution >= 0.6 is 0 Å². The lowest BCUT2D eigenvalue weighted by Gasteiger charge is -2.17. The van der Waals surface area contributed by atoms with E-state index in [0.717, 1.165) is 81.6 Å². The molecule has 5 rings (SSSR count). The molecule has 0 saturated heterocycles. The number of rotatable bonds is 14. The van der Waals surface area contributed by atoms with E-state index in [1.54, 1.807) is 0 Å². The van der Waals surface area contributed by atoms with Crippen molar-refractivity contribution >= 4 is 55.0 Å². The number of hydrogen-bond acceptors (Lipinski definition) is 4. The summed E-state index contributed by atoms with van der Waals surface area (Å²) in [6.45, 7) is 4.38. The predicted octanol–water partition coefficient (Wildman–Crippen LogP) is 10.3. The van der Waals surface area contributed by atoms with Crippen LogP contribution in [0.15, 0.2) is 60.7 Å². The number of ether oxygens (including phenoxy) is 2. The third kappa shape index (κ3) is 5.91. The minimum atomic E-state index is -0.174. The zero-order chi connectivity index (χ0) is 27.9. The number of carbonyl (C=O) groups is 2. The van der Waals surface area contributed by atoms with Crippen molar-refractivity contribution in [2.24, 2.45) is 0 Å². The molecular weight excluding hydrogens is 496 g/mol. The fourth-order valence-electron chi connectivity index (χ4n) is 5.93. The maximum Gasteiger partial charge on any atom is 0.311 e. The first kappa shape index (κ1) is 27.9. The molecule has 0 aromatic heterocycles. The van der Waals surface area contributed by atoms with Gasteiger partial charge in [-0.15, -0.1) is 0 Å². The molecule has 0 aliphatic carbocycles. The molecule has 0 spiro atoms. The van der Waals surface area contributed by atoms with Crippen LogP contribution in [0.2, 0.25) is 0 Å². The Balaban J connectivity index is 1.46. The van der Waals surface area contributed by atoms with E-state index in [9.17, 15) is 9.59 Å². The smallest absolute Gasteiger partial charge is 0.311 e. The standard InChI is InChI=1S/C36H40O4/c1-3-5-7-9-11-19-33(37)39-31-23-21-27-26-16-14-18-30-32(40-34(38)20-12-10-8-6-4-2)24-22-28(36(26)30)25-15-13-17-29(31)35(25)27/h13-18,21-24H,3-12,19-20H2,1-2H3. The van der Waals surface area contributed by atoms with Crippen molar-refractivity contribution in [3.63, 3.8) is 0 Å². The first-order valence-electron chi connectivity index (χ1n) is 15.2. The molecule has 0 atom stereocenters. The van der Waals surface area contributed by atoms with Gasteiger partial charge >= 0.3 is 11.9 Å². The summed E-state index contributed by atoms with van der Waals surface area (Å²) in [6.07, 6.45) is 11.8. The second-order valence-corrected chi connectivity index (χ2v) is 11.0. The van der Waals surface area contributed by atoms with Crippen molar-refractivity contribution in [1.82, 2.24) is 0 Å². The highest BCUT2D eigenvalue weighted by Crippen LogP contribution is 2.44. The third-order valence-electron chi connectivity index (χ3n) is 8.00. The van der Waals surface area contributed by atoms with Crippen LogP contribution in [0.5, 0.6) is 11.5 Å². The van der Waals surface area contributed by atoms with Crippen LogP contribution in [-0.2, 0) is 9.59 Å². The van der Waals surface area contributed by atoms with E-state index in [0.29, 0.717) is 24.3 Å². The summed E-state index contributed by atoms with van der Waals surface area (Å²) < 4.78 is 11.8. The Kier molecular flexibility index (Phi) is 9.15. The van der Waals surface area contributed by atoms with Gasteiger partial charge in [0.05, 0.1) is 0 Å². The molecule has 0 saturated carbocycles. The summed E-state index contributed by atoms with van der Waals surface area (Å²) in [5, 5.41) is 8.46. The minimum Gasteiger partial charge on any atom is -0.426 e. The first-order chi connectivity index (χ1) is 19.6. The molecule has 5 aromatic carbocycles. The summed E-state index contributed by atoms with van der Waals surface area (Å²) >= 11 is 0. The number of benzene rings is 5. The number of hydrogen-bond donors (Lipinski definition) is 0. The highest BCUT2D eigenvalue weighted by atomic mass is 16.5. The molecule has 4 heteroatoms. The maximum absolute atomic E-state index is 12.7. The van der Waals surface area contributed by atoms with Crippen LogP contribution in [0.4, 0.5) is 0 Å². The van der Waals surface area contributed by atoms with Gasteiger partial charge in [-0.1, -0.05) is 102 Å². The Hall–Kier alpha value is -3.66. The van der Waals surface area contributed by atoms with Gasteiger partial charge in [0.15, 0.2) is 0 Å². The second-order valence-electron chi connectivity index (χ2n) is 11.0. The van der Waals surface area contributed by atoms with Crippen molar-refractivity contribution in [2.75, 3.05) is 0 Å². The fourth-order valence-corrected chi connectivity index (χ4v) is 5.93. The van der Waals surface area contributed by atoms with Gasteiger partial charge in [0.1, 0.15) is 11.5 Å². The lowest BCUT2D eigenvalue weighted by molar-refractivity contribution is -0.135. The summed E-state index contributed by atoms with van der Waals surface area (Å²) in [5.41, 5.74) is 0. The predicted molar refractivity (Wildman–Crippen MR) is 166 cm³/mol. The highest BCUT2D eigenvalue weighted by molar-refractivity contribution is 6.34. The first-order valence-corrected chi connectivity index (χ1v) is 15.2. The SMILES string of the molecule is CCCCCCCC(=O)Oc1ccc2c3cccc4c(OC(=O)CCCCCCC)ccc(c5cccc1c52)c43. The van der Waals surface area contributed by atoms with Crippen molar-refractivity contribution in [3.05, 3.63) is 60.7 Å². The van der Waals surface area contributed by atoms with Gasteiger partial charge in [0.25, 0.3) is 0 Å². The van der Waals surface area contributed by atoms with E-state index in [1.807, 2.05) is 36.4 Å². The average molecular weight is 537 g/mol. The Morgan fingerprint density at radius 2 is 0.850 bits per heavy atom. The summed E-state index contributed by atoms with van der Waals surface area (Å²) in [7, 11) is 0. The van der Waals surface area contributed by atoms with Crippen molar-refractivity contribution in [3.8, 4) is 11.5 Å². The largest absolute Gasteiger partial charge is 0.426 e.